The number of phenolic OH excluding ortho intramolecular Hbond substituents is 1. The van der Waals surface area contributed by atoms with Gasteiger partial charge >= 0.3 is 11.9 Å². The molecule has 0 radical (unpaired) electrons. The van der Waals surface area contributed by atoms with Crippen LogP contribution < -0.4 is 4.74 Å². The van der Waals surface area contributed by atoms with E-state index in [1.807, 2.05) is 50.0 Å². The second-order valence-electron chi connectivity index (χ2n) is 27.7. The number of ether oxygens (including phenoxy) is 3. The molecule has 1 aliphatic carbocycles. The molecule has 1 saturated carbocycles. The summed E-state index contributed by atoms with van der Waals surface area (Å²) in [6.07, 6.45) is 10.1. The molecule has 3 aromatic carbocycles. The molecular weight excluding hydrogens is 987 g/mol. The minimum atomic E-state index is -0.914. The van der Waals surface area contributed by atoms with E-state index in [2.05, 4.69) is 135 Å². The van der Waals surface area contributed by atoms with E-state index in [0.717, 1.165) is 17.0 Å². The number of halogens is 2. The number of hydrogen-bond donors (Lipinski definition) is 1. The minimum Gasteiger partial charge on any atom is -0.507 e. The van der Waals surface area contributed by atoms with Crippen molar-refractivity contribution in [2.75, 3.05) is 6.61 Å². The highest BCUT2D eigenvalue weighted by atomic mass is 19.2. The molecule has 2 saturated heterocycles. The Balaban J connectivity index is 0.000000272. The van der Waals surface area contributed by atoms with Gasteiger partial charge in [-0.2, -0.15) is 14.5 Å². The van der Waals surface area contributed by atoms with Crippen LogP contribution in [0.3, 0.4) is 0 Å². The lowest BCUT2D eigenvalue weighted by Crippen LogP contribution is -2.62. The van der Waals surface area contributed by atoms with Gasteiger partial charge in [-0.3, -0.25) is 19.3 Å². The Kier molecular flexibility index (Phi) is 23.1. The molecule has 2 heterocycles. The van der Waals surface area contributed by atoms with E-state index in [-0.39, 0.29) is 93.5 Å². The van der Waals surface area contributed by atoms with Crippen LogP contribution in [0.2, 0.25) is 0 Å². The van der Waals surface area contributed by atoms with Gasteiger partial charge in [0.05, 0.1) is 31.7 Å². The summed E-state index contributed by atoms with van der Waals surface area (Å²) in [5.41, 5.74) is 4.40. The molecular formula is C66H104F2N2O8. The standard InChI is InChI=1S/C28H52N2O6.C23H28F2O.C15H24O/c1-19(2)35-29-25(5,6)15-21(16-26(29,7)8)33-23(31)13-14-24(32)34-22-17-27(9,10)30(36-20(3)4)28(11,12)18-22;1-3-5-16-6-8-17(9-7-16)18-10-12-19(13-11-18)20-14-15-21(26-4-2)23(25)22(20)24;1-10-8-11(14(2,3)4)13(16)12(9-10)15(5,6)7/h19-22H,13-18H2,1-12H3;10-17H,3-9H2,1-2H3;8-9,16H,1-7H3. The summed E-state index contributed by atoms with van der Waals surface area (Å²) in [5.74, 6) is -0.563. The number of carbonyl (C=O) groups excluding carboxylic acids is 2. The fourth-order valence-electron chi connectivity index (χ4n) is 12.3. The van der Waals surface area contributed by atoms with Gasteiger partial charge in [-0.15, -0.1) is 0 Å². The third-order valence-corrected chi connectivity index (χ3v) is 15.3. The number of hydrogen-bond acceptors (Lipinski definition) is 10. The van der Waals surface area contributed by atoms with Crippen molar-refractivity contribution in [3.8, 4) is 22.6 Å². The van der Waals surface area contributed by atoms with Crippen molar-refractivity contribution in [1.82, 2.24) is 10.1 Å². The number of hydroxylamine groups is 4. The van der Waals surface area contributed by atoms with Crippen molar-refractivity contribution in [3.63, 3.8) is 0 Å². The molecule has 6 rings (SSSR count). The first-order valence-electron chi connectivity index (χ1n) is 29.3. The predicted octanol–water partition coefficient (Wildman–Crippen LogP) is 17.0. The number of piperidine rings is 2. The number of aromatic hydroxyl groups is 1. The monoisotopic (exact) mass is 1090 g/mol. The molecule has 3 aromatic rings. The molecule has 0 aromatic heterocycles. The lowest BCUT2D eigenvalue weighted by atomic mass is 9.77. The maximum Gasteiger partial charge on any atom is 0.306 e. The molecule has 78 heavy (non-hydrogen) atoms. The number of benzene rings is 3. The van der Waals surface area contributed by atoms with Gasteiger partial charge in [0, 0.05) is 53.4 Å². The van der Waals surface area contributed by atoms with Crippen molar-refractivity contribution >= 4 is 11.9 Å². The molecule has 3 aliphatic rings. The quantitative estimate of drug-likeness (QED) is 0.148. The van der Waals surface area contributed by atoms with Gasteiger partial charge in [0.15, 0.2) is 11.6 Å². The van der Waals surface area contributed by atoms with Gasteiger partial charge in [0.1, 0.15) is 18.0 Å². The van der Waals surface area contributed by atoms with Crippen molar-refractivity contribution in [1.29, 1.82) is 0 Å². The van der Waals surface area contributed by atoms with Gasteiger partial charge in [-0.25, -0.2) is 4.39 Å². The van der Waals surface area contributed by atoms with E-state index < -0.39 is 11.6 Å². The fraction of sp³-hybridized carbons (Fsp3) is 0.697. The second-order valence-corrected chi connectivity index (χ2v) is 27.7. The van der Waals surface area contributed by atoms with Crippen LogP contribution in [0.4, 0.5) is 8.78 Å². The van der Waals surface area contributed by atoms with Crippen LogP contribution >= 0.6 is 0 Å². The van der Waals surface area contributed by atoms with E-state index in [1.165, 1.54) is 55.7 Å². The van der Waals surface area contributed by atoms with Gasteiger partial charge < -0.3 is 19.3 Å². The second kappa shape index (κ2) is 27.1. The van der Waals surface area contributed by atoms with Gasteiger partial charge in [0.25, 0.3) is 0 Å². The maximum absolute atomic E-state index is 14.4. The molecule has 1 N–H and O–H groups in total. The first kappa shape index (κ1) is 66.4. The third kappa shape index (κ3) is 18.5. The summed E-state index contributed by atoms with van der Waals surface area (Å²) in [6, 6.07) is 15.2. The maximum atomic E-state index is 14.4. The molecule has 12 heteroatoms. The Hall–Kier alpha value is -4.10. The van der Waals surface area contributed by atoms with Crippen molar-refractivity contribution < 1.29 is 47.4 Å². The summed E-state index contributed by atoms with van der Waals surface area (Å²) in [4.78, 5) is 37.5. The molecule has 0 amide bonds. The molecule has 0 atom stereocenters. The lowest BCUT2D eigenvalue weighted by molar-refractivity contribution is -0.309. The largest absolute Gasteiger partial charge is 0.507 e. The Labute approximate surface area is 471 Å². The Morgan fingerprint density at radius 3 is 1.41 bits per heavy atom. The van der Waals surface area contributed by atoms with Crippen LogP contribution in [0.15, 0.2) is 48.5 Å². The normalized spacial score (nSPS) is 20.8. The summed E-state index contributed by atoms with van der Waals surface area (Å²) in [6.45, 7) is 44.1. The lowest BCUT2D eigenvalue weighted by Gasteiger charge is -2.54. The first-order chi connectivity index (χ1) is 35.9. The smallest absolute Gasteiger partial charge is 0.306 e. The van der Waals surface area contributed by atoms with Gasteiger partial charge in [-0.1, -0.05) is 103 Å². The van der Waals surface area contributed by atoms with Crippen LogP contribution in [-0.4, -0.2) is 80.4 Å². The number of esters is 2. The molecule has 0 bridgehead atoms. The third-order valence-electron chi connectivity index (χ3n) is 15.3. The van der Waals surface area contributed by atoms with Gasteiger partial charge in [-0.05, 0) is 180 Å². The average molecular weight is 1090 g/mol. The minimum absolute atomic E-state index is 0.0178. The Bertz CT molecular complexity index is 2270. The number of rotatable bonds is 15. The molecule has 0 unspecified atom stereocenters. The first-order valence-corrected chi connectivity index (χ1v) is 29.3. The summed E-state index contributed by atoms with van der Waals surface area (Å²) in [5, 5.41) is 14.5. The molecule has 10 nitrogen and oxygen atoms in total. The van der Waals surface area contributed by atoms with E-state index in [0.29, 0.717) is 49.5 Å². The van der Waals surface area contributed by atoms with Crippen molar-refractivity contribution in [3.05, 3.63) is 82.4 Å². The van der Waals surface area contributed by atoms with Crippen LogP contribution in [0, 0.1) is 24.5 Å². The van der Waals surface area contributed by atoms with Crippen molar-refractivity contribution in [2.45, 2.75) is 286 Å². The van der Waals surface area contributed by atoms with E-state index in [1.54, 1.807) is 13.0 Å². The SMILES string of the molecule is CC(C)ON1C(C)(C)CC(OC(=O)CCC(=O)OC2CC(C)(C)N(OC(C)C)C(C)(C)C2)CC1(C)C.CCCC1CCC(c2ccc(-c3ccc(OCC)c(F)c3F)cc2)CC1.Cc1cc(C(C)(C)C)c(O)c(C(C)(C)C)c1. The molecule has 2 aliphatic heterocycles. The molecule has 3 fully saturated rings. The fourth-order valence-corrected chi connectivity index (χ4v) is 12.3. The van der Waals surface area contributed by atoms with E-state index >= 15 is 0 Å². The zero-order valence-electron chi connectivity index (χ0n) is 52.2. The molecule has 440 valence electrons. The highest BCUT2D eigenvalue weighted by Gasteiger charge is 2.49. The predicted molar refractivity (Wildman–Crippen MR) is 313 cm³/mol. The highest BCUT2D eigenvalue weighted by molar-refractivity contribution is 5.78. The van der Waals surface area contributed by atoms with Crippen LogP contribution in [0.25, 0.3) is 11.1 Å². The topological polar surface area (TPSA) is 107 Å². The number of phenols is 1. The van der Waals surface area contributed by atoms with Crippen LogP contribution in [0.5, 0.6) is 11.5 Å². The van der Waals surface area contributed by atoms with Crippen molar-refractivity contribution in [2.24, 2.45) is 5.92 Å². The molecule has 0 spiro atoms. The highest BCUT2D eigenvalue weighted by Crippen LogP contribution is 2.44. The summed E-state index contributed by atoms with van der Waals surface area (Å²) >= 11 is 0. The Morgan fingerprint density at radius 2 is 1.05 bits per heavy atom. The zero-order chi connectivity index (χ0) is 58.9. The van der Waals surface area contributed by atoms with Gasteiger partial charge in [0.2, 0.25) is 5.82 Å². The summed E-state index contributed by atoms with van der Waals surface area (Å²) in [7, 11) is 0. The number of nitrogens with zero attached hydrogens (tertiary/aromatic N) is 2. The number of aryl methyl sites for hydroxylation is 1. The average Bonchev–Trinajstić information content (AvgIpc) is 3.31. The van der Waals surface area contributed by atoms with E-state index in [9.17, 15) is 23.5 Å². The van der Waals surface area contributed by atoms with E-state index in [4.69, 9.17) is 23.9 Å². The Morgan fingerprint density at radius 1 is 0.641 bits per heavy atom. The number of carbonyl (C=O) groups is 2. The van der Waals surface area contributed by atoms with Crippen LogP contribution in [-0.2, 0) is 39.6 Å². The van der Waals surface area contributed by atoms with Crippen LogP contribution in [0.1, 0.15) is 244 Å². The summed E-state index contributed by atoms with van der Waals surface area (Å²) < 4.78 is 45.3. The zero-order valence-corrected chi connectivity index (χ0v) is 52.2.